The van der Waals surface area contributed by atoms with Gasteiger partial charge in [-0.05, 0) is 49.9 Å². The Morgan fingerprint density at radius 2 is 1.83 bits per heavy atom. The van der Waals surface area contributed by atoms with E-state index in [4.69, 9.17) is 0 Å². The van der Waals surface area contributed by atoms with Gasteiger partial charge in [-0.15, -0.1) is 0 Å². The molecule has 2 nitrogen and oxygen atoms in total. The molecule has 0 saturated carbocycles. The molecule has 2 heteroatoms. The highest BCUT2D eigenvalue weighted by Crippen LogP contribution is 2.40. The second kappa shape index (κ2) is 3.52. The highest BCUT2D eigenvalue weighted by molar-refractivity contribution is 6.02. The Labute approximate surface area is 107 Å². The van der Waals surface area contributed by atoms with Gasteiger partial charge in [0.2, 0.25) is 0 Å². The van der Waals surface area contributed by atoms with Crippen molar-refractivity contribution in [2.75, 3.05) is 5.32 Å². The molecule has 1 aliphatic heterocycles. The minimum atomic E-state index is -0.0262. The molecule has 92 valence electrons. The molecule has 0 spiro atoms. The first-order valence-electron chi connectivity index (χ1n) is 6.21. The molecule has 0 radical (unpaired) electrons. The predicted molar refractivity (Wildman–Crippen MR) is 77.0 cm³/mol. The average Bonchev–Trinajstić information content (AvgIpc) is 2.26. The van der Waals surface area contributed by atoms with Crippen molar-refractivity contribution < 1.29 is 5.11 Å². The predicted octanol–water partition coefficient (Wildman–Crippen LogP) is 4.15. The zero-order valence-electron chi connectivity index (χ0n) is 10.9. The van der Waals surface area contributed by atoms with E-state index in [9.17, 15) is 5.11 Å². The maximum Gasteiger partial charge on any atom is 0.123 e. The molecule has 2 N–H and O–H groups in total. The summed E-state index contributed by atoms with van der Waals surface area (Å²) in [5, 5.41) is 15.5. The van der Waals surface area contributed by atoms with Crippen molar-refractivity contribution in [1.29, 1.82) is 0 Å². The normalized spacial score (nSPS) is 16.9. The largest absolute Gasteiger partial charge is 0.507 e. The average molecular weight is 239 g/mol. The first-order chi connectivity index (χ1) is 8.48. The number of fused-ring (bicyclic) bond motifs is 3. The van der Waals surface area contributed by atoms with Gasteiger partial charge in [0.1, 0.15) is 5.75 Å². The number of rotatable bonds is 0. The Hall–Kier alpha value is -1.96. The lowest BCUT2D eigenvalue weighted by Crippen LogP contribution is -2.31. The van der Waals surface area contributed by atoms with Gasteiger partial charge in [-0.25, -0.2) is 0 Å². The monoisotopic (exact) mass is 239 g/mol. The number of nitrogens with one attached hydrogen (secondary N) is 1. The molecular weight excluding hydrogens is 222 g/mol. The van der Waals surface area contributed by atoms with Crippen LogP contribution in [-0.2, 0) is 0 Å². The van der Waals surface area contributed by atoms with Crippen LogP contribution in [0.2, 0.25) is 0 Å². The lowest BCUT2D eigenvalue weighted by atomic mass is 9.88. The van der Waals surface area contributed by atoms with Gasteiger partial charge in [0.15, 0.2) is 0 Å². The first kappa shape index (κ1) is 11.1. The third-order valence-corrected chi connectivity index (χ3v) is 3.47. The highest BCUT2D eigenvalue weighted by Gasteiger charge is 2.23. The van der Waals surface area contributed by atoms with Crippen LogP contribution in [0.1, 0.15) is 26.3 Å². The number of benzene rings is 2. The zero-order valence-corrected chi connectivity index (χ0v) is 10.9. The van der Waals surface area contributed by atoms with Crippen molar-refractivity contribution >= 4 is 22.0 Å². The molecule has 0 amide bonds. The number of anilines is 1. The van der Waals surface area contributed by atoms with E-state index in [1.54, 1.807) is 6.07 Å². The van der Waals surface area contributed by atoms with E-state index in [1.807, 2.05) is 12.1 Å². The Kier molecular flexibility index (Phi) is 2.18. The summed E-state index contributed by atoms with van der Waals surface area (Å²) in [5.74, 6) is 0.341. The molecule has 3 rings (SSSR count). The van der Waals surface area contributed by atoms with Crippen LogP contribution >= 0.6 is 0 Å². The Bertz CT molecular complexity index is 668. The van der Waals surface area contributed by atoms with Crippen molar-refractivity contribution in [2.45, 2.75) is 26.3 Å². The van der Waals surface area contributed by atoms with Crippen LogP contribution in [-0.4, -0.2) is 10.6 Å². The summed E-state index contributed by atoms with van der Waals surface area (Å²) in [6, 6.07) is 9.71. The van der Waals surface area contributed by atoms with Crippen molar-refractivity contribution in [3.63, 3.8) is 0 Å². The summed E-state index contributed by atoms with van der Waals surface area (Å²) in [5.41, 5.74) is 3.56. The van der Waals surface area contributed by atoms with Gasteiger partial charge in [0.25, 0.3) is 0 Å². The summed E-state index contributed by atoms with van der Waals surface area (Å²) < 4.78 is 0. The molecule has 1 aliphatic rings. The van der Waals surface area contributed by atoms with Gasteiger partial charge in [-0.1, -0.05) is 18.2 Å². The fraction of sp³-hybridized carbons (Fsp3) is 0.250. The van der Waals surface area contributed by atoms with E-state index in [-0.39, 0.29) is 5.54 Å². The van der Waals surface area contributed by atoms with Gasteiger partial charge < -0.3 is 10.4 Å². The molecule has 2 aromatic rings. The van der Waals surface area contributed by atoms with Gasteiger partial charge >= 0.3 is 0 Å². The number of phenols is 1. The number of hydrogen-bond acceptors (Lipinski definition) is 2. The van der Waals surface area contributed by atoms with Gasteiger partial charge in [0, 0.05) is 16.6 Å². The SMILES string of the molecule is CC1=CC(C)(C)Nc2ccc3c(O)cccc3c21. The molecule has 0 bridgehead atoms. The van der Waals surface area contributed by atoms with Crippen molar-refractivity contribution in [3.8, 4) is 5.75 Å². The second-order valence-corrected chi connectivity index (χ2v) is 5.53. The van der Waals surface area contributed by atoms with Crippen LogP contribution in [0.5, 0.6) is 5.75 Å². The quantitative estimate of drug-likeness (QED) is 0.723. The second-order valence-electron chi connectivity index (χ2n) is 5.53. The molecule has 0 aliphatic carbocycles. The topological polar surface area (TPSA) is 32.3 Å². The Morgan fingerprint density at radius 3 is 2.61 bits per heavy atom. The lowest BCUT2D eigenvalue weighted by Gasteiger charge is -2.32. The molecule has 18 heavy (non-hydrogen) atoms. The van der Waals surface area contributed by atoms with Crippen LogP contribution in [0.25, 0.3) is 16.3 Å². The zero-order chi connectivity index (χ0) is 12.9. The number of allylic oxidation sites excluding steroid dienone is 1. The van der Waals surface area contributed by atoms with E-state index in [0.29, 0.717) is 5.75 Å². The molecule has 0 saturated heterocycles. The summed E-state index contributed by atoms with van der Waals surface area (Å²) in [7, 11) is 0. The smallest absolute Gasteiger partial charge is 0.123 e. The minimum Gasteiger partial charge on any atom is -0.507 e. The van der Waals surface area contributed by atoms with Crippen molar-refractivity contribution in [1.82, 2.24) is 0 Å². The lowest BCUT2D eigenvalue weighted by molar-refractivity contribution is 0.481. The maximum atomic E-state index is 9.92. The molecule has 0 aromatic heterocycles. The van der Waals surface area contributed by atoms with E-state index < -0.39 is 0 Å². The van der Waals surface area contributed by atoms with E-state index in [0.717, 1.165) is 16.5 Å². The minimum absolute atomic E-state index is 0.0262. The molecule has 0 fully saturated rings. The van der Waals surface area contributed by atoms with E-state index >= 15 is 0 Å². The summed E-state index contributed by atoms with van der Waals surface area (Å²) >= 11 is 0. The van der Waals surface area contributed by atoms with Crippen molar-refractivity contribution in [3.05, 3.63) is 42.0 Å². The van der Waals surface area contributed by atoms with Crippen LogP contribution < -0.4 is 5.32 Å². The molecule has 0 unspecified atom stereocenters. The Balaban J connectivity index is 2.37. The van der Waals surface area contributed by atoms with Crippen LogP contribution in [0, 0.1) is 0 Å². The fourth-order valence-electron chi connectivity index (χ4n) is 2.87. The van der Waals surface area contributed by atoms with Crippen LogP contribution in [0.4, 0.5) is 5.69 Å². The number of phenolic OH excluding ortho intramolecular Hbond substituents is 1. The molecule has 0 atom stereocenters. The van der Waals surface area contributed by atoms with Crippen LogP contribution in [0.3, 0.4) is 0 Å². The standard InChI is InChI=1S/C16H17NO/c1-10-9-16(2,3)17-13-8-7-11-12(15(10)13)5-4-6-14(11)18/h4-9,17-18H,1-3H3. The highest BCUT2D eigenvalue weighted by atomic mass is 16.3. The summed E-state index contributed by atoms with van der Waals surface area (Å²) in [6.07, 6.45) is 2.23. The molecule has 2 aromatic carbocycles. The molecular formula is C16H17NO. The van der Waals surface area contributed by atoms with Gasteiger partial charge in [0.05, 0.1) is 5.54 Å². The van der Waals surface area contributed by atoms with E-state index in [2.05, 4.69) is 44.3 Å². The van der Waals surface area contributed by atoms with Gasteiger partial charge in [-0.2, -0.15) is 0 Å². The summed E-state index contributed by atoms with van der Waals surface area (Å²) in [4.78, 5) is 0. The van der Waals surface area contributed by atoms with Gasteiger partial charge in [-0.3, -0.25) is 0 Å². The molecule has 1 heterocycles. The fourth-order valence-corrected chi connectivity index (χ4v) is 2.87. The number of aromatic hydroxyl groups is 1. The number of hydrogen-bond donors (Lipinski definition) is 2. The third-order valence-electron chi connectivity index (χ3n) is 3.47. The summed E-state index contributed by atoms with van der Waals surface area (Å²) in [6.45, 7) is 6.45. The van der Waals surface area contributed by atoms with Crippen molar-refractivity contribution in [2.24, 2.45) is 0 Å². The maximum absolute atomic E-state index is 9.92. The van der Waals surface area contributed by atoms with Crippen LogP contribution in [0.15, 0.2) is 36.4 Å². The first-order valence-corrected chi connectivity index (χ1v) is 6.21. The third kappa shape index (κ3) is 1.57. The Morgan fingerprint density at radius 1 is 1.06 bits per heavy atom. The van der Waals surface area contributed by atoms with E-state index in [1.165, 1.54) is 11.1 Å².